The molecular formula is C19H24N4O2. The minimum atomic E-state index is -0.964. The summed E-state index contributed by atoms with van der Waals surface area (Å²) < 4.78 is 7.70. The van der Waals surface area contributed by atoms with Gasteiger partial charge in [-0.2, -0.15) is 5.10 Å². The summed E-state index contributed by atoms with van der Waals surface area (Å²) in [4.78, 5) is 6.72. The van der Waals surface area contributed by atoms with Gasteiger partial charge >= 0.3 is 0 Å². The molecule has 0 spiro atoms. The zero-order valence-electron chi connectivity index (χ0n) is 15.0. The number of ether oxygens (including phenoxy) is 1. The van der Waals surface area contributed by atoms with Crippen LogP contribution in [0.25, 0.3) is 5.65 Å². The predicted molar refractivity (Wildman–Crippen MR) is 97.9 cm³/mol. The molecule has 1 unspecified atom stereocenters. The normalized spacial score (nSPS) is 13.0. The van der Waals surface area contributed by atoms with Gasteiger partial charge in [0.2, 0.25) is 0 Å². The number of aliphatic hydroxyl groups is 1. The molecular weight excluding hydrogens is 316 g/mol. The summed E-state index contributed by atoms with van der Waals surface area (Å²) in [5.41, 5.74) is 0.966. The molecule has 6 nitrogen and oxygen atoms in total. The maximum absolute atomic E-state index is 10.2. The molecule has 0 bridgehead atoms. The molecule has 0 saturated heterocycles. The van der Waals surface area contributed by atoms with Gasteiger partial charge < -0.3 is 14.7 Å². The Morgan fingerprint density at radius 3 is 2.64 bits per heavy atom. The van der Waals surface area contributed by atoms with E-state index in [1.165, 1.54) is 5.56 Å². The van der Waals surface area contributed by atoms with E-state index in [0.717, 1.165) is 5.65 Å². The minimum absolute atomic E-state index is 0.397. The second kappa shape index (κ2) is 6.72. The Morgan fingerprint density at radius 2 is 1.96 bits per heavy atom. The highest BCUT2D eigenvalue weighted by atomic mass is 16.5. The molecule has 0 aliphatic rings. The van der Waals surface area contributed by atoms with Gasteiger partial charge in [0.15, 0.2) is 17.2 Å². The van der Waals surface area contributed by atoms with Crippen molar-refractivity contribution < 1.29 is 9.84 Å². The van der Waals surface area contributed by atoms with Crippen molar-refractivity contribution in [2.45, 2.75) is 39.0 Å². The summed E-state index contributed by atoms with van der Waals surface area (Å²) >= 11 is 0. The Labute approximate surface area is 147 Å². The molecule has 2 aromatic heterocycles. The fraction of sp³-hybridized carbons (Fsp3) is 0.368. The van der Waals surface area contributed by atoms with Crippen LogP contribution in [0.15, 0.2) is 48.8 Å². The largest absolute Gasteiger partial charge is 0.482 e. The van der Waals surface area contributed by atoms with Gasteiger partial charge in [0.1, 0.15) is 6.10 Å². The topological polar surface area (TPSA) is 62.9 Å². The van der Waals surface area contributed by atoms with Crippen molar-refractivity contribution in [3.63, 3.8) is 0 Å². The van der Waals surface area contributed by atoms with Crippen LogP contribution in [0.3, 0.4) is 0 Å². The summed E-state index contributed by atoms with van der Waals surface area (Å²) in [6, 6.07) is 12.0. The van der Waals surface area contributed by atoms with Crippen LogP contribution in [0.2, 0.25) is 0 Å². The van der Waals surface area contributed by atoms with Gasteiger partial charge in [0.05, 0.1) is 18.0 Å². The van der Waals surface area contributed by atoms with Crippen molar-refractivity contribution in [3.05, 3.63) is 54.4 Å². The van der Waals surface area contributed by atoms with E-state index in [9.17, 15) is 5.11 Å². The predicted octanol–water partition coefficient (Wildman–Crippen LogP) is 2.90. The number of aromatic nitrogens is 3. The number of hydrogen-bond acceptors (Lipinski definition) is 5. The smallest absolute Gasteiger partial charge is 0.180 e. The second-order valence-corrected chi connectivity index (χ2v) is 6.82. The van der Waals surface area contributed by atoms with Crippen molar-refractivity contribution in [2.24, 2.45) is 0 Å². The Kier molecular flexibility index (Phi) is 4.63. The molecule has 0 saturated carbocycles. The van der Waals surface area contributed by atoms with Crippen molar-refractivity contribution in [1.29, 1.82) is 0 Å². The molecule has 25 heavy (non-hydrogen) atoms. The molecule has 2 heterocycles. The van der Waals surface area contributed by atoms with Crippen molar-refractivity contribution >= 4 is 11.5 Å². The maximum Gasteiger partial charge on any atom is 0.180 e. The fourth-order valence-electron chi connectivity index (χ4n) is 2.45. The Morgan fingerprint density at radius 1 is 1.24 bits per heavy atom. The number of rotatable bonds is 6. The molecule has 0 aliphatic heterocycles. The molecule has 3 aromatic rings. The lowest BCUT2D eigenvalue weighted by molar-refractivity contribution is -0.0242. The first kappa shape index (κ1) is 17.2. The third-order valence-corrected chi connectivity index (χ3v) is 4.25. The standard InChI is InChI=1S/C19H24N4O2/c1-14(19(2,3)24)25-16-13-23-17(10-11-20-23)21-18(16)22(4)12-15-8-6-5-7-9-15/h5-11,13-14,24H,12H2,1-4H3. The van der Waals surface area contributed by atoms with E-state index >= 15 is 0 Å². The number of nitrogens with zero attached hydrogens (tertiary/aromatic N) is 4. The molecule has 0 fully saturated rings. The number of hydrogen-bond donors (Lipinski definition) is 1. The summed E-state index contributed by atoms with van der Waals surface area (Å²) in [7, 11) is 1.98. The van der Waals surface area contributed by atoms with Gasteiger partial charge in [-0.3, -0.25) is 0 Å². The van der Waals surface area contributed by atoms with E-state index < -0.39 is 11.7 Å². The summed E-state index contributed by atoms with van der Waals surface area (Å²) in [5, 5.41) is 14.4. The first-order valence-corrected chi connectivity index (χ1v) is 8.33. The first-order valence-electron chi connectivity index (χ1n) is 8.33. The second-order valence-electron chi connectivity index (χ2n) is 6.82. The van der Waals surface area contributed by atoms with Crippen LogP contribution in [-0.2, 0) is 6.54 Å². The van der Waals surface area contributed by atoms with E-state index in [1.54, 1.807) is 30.8 Å². The zero-order chi connectivity index (χ0) is 18.0. The van der Waals surface area contributed by atoms with Crippen LogP contribution >= 0.6 is 0 Å². The highest BCUT2D eigenvalue weighted by molar-refractivity contribution is 5.57. The maximum atomic E-state index is 10.2. The van der Waals surface area contributed by atoms with Gasteiger partial charge in [-0.25, -0.2) is 9.50 Å². The van der Waals surface area contributed by atoms with E-state index in [1.807, 2.05) is 43.1 Å². The average molecular weight is 340 g/mol. The number of fused-ring (bicyclic) bond motifs is 1. The number of anilines is 1. The molecule has 132 valence electrons. The van der Waals surface area contributed by atoms with E-state index in [2.05, 4.69) is 22.2 Å². The molecule has 6 heteroatoms. The summed E-state index contributed by atoms with van der Waals surface area (Å²) in [5.74, 6) is 1.30. The van der Waals surface area contributed by atoms with Crippen LogP contribution < -0.4 is 9.64 Å². The van der Waals surface area contributed by atoms with Crippen molar-refractivity contribution in [1.82, 2.24) is 14.6 Å². The Balaban J connectivity index is 1.95. The molecule has 3 rings (SSSR count). The van der Waals surface area contributed by atoms with Crippen LogP contribution in [0.5, 0.6) is 5.75 Å². The third kappa shape index (κ3) is 3.91. The van der Waals surface area contributed by atoms with Gasteiger partial charge in [0.25, 0.3) is 0 Å². The lowest BCUT2D eigenvalue weighted by Crippen LogP contribution is -2.38. The van der Waals surface area contributed by atoms with E-state index in [4.69, 9.17) is 4.74 Å². The van der Waals surface area contributed by atoms with E-state index in [-0.39, 0.29) is 0 Å². The van der Waals surface area contributed by atoms with E-state index in [0.29, 0.717) is 18.1 Å². The third-order valence-electron chi connectivity index (χ3n) is 4.25. The minimum Gasteiger partial charge on any atom is -0.482 e. The summed E-state index contributed by atoms with van der Waals surface area (Å²) in [6.45, 7) is 6.00. The molecule has 0 amide bonds. The van der Waals surface area contributed by atoms with Gasteiger partial charge in [-0.1, -0.05) is 30.3 Å². The molecule has 1 atom stereocenters. The number of benzene rings is 1. The molecule has 1 aromatic carbocycles. The summed E-state index contributed by atoms with van der Waals surface area (Å²) in [6.07, 6.45) is 3.11. The van der Waals surface area contributed by atoms with Gasteiger partial charge in [-0.05, 0) is 26.3 Å². The lowest BCUT2D eigenvalue weighted by Gasteiger charge is -2.29. The lowest BCUT2D eigenvalue weighted by atomic mass is 10.0. The van der Waals surface area contributed by atoms with Gasteiger partial charge in [-0.15, -0.1) is 0 Å². The molecule has 0 radical (unpaired) electrons. The molecule has 1 N–H and O–H groups in total. The van der Waals surface area contributed by atoms with Gasteiger partial charge in [0, 0.05) is 19.7 Å². The van der Waals surface area contributed by atoms with Crippen LogP contribution in [0, 0.1) is 0 Å². The average Bonchev–Trinajstić information content (AvgIpc) is 3.01. The van der Waals surface area contributed by atoms with Crippen LogP contribution in [-0.4, -0.2) is 38.5 Å². The highest BCUT2D eigenvalue weighted by Gasteiger charge is 2.26. The molecule has 0 aliphatic carbocycles. The highest BCUT2D eigenvalue weighted by Crippen LogP contribution is 2.29. The zero-order valence-corrected chi connectivity index (χ0v) is 15.0. The first-order chi connectivity index (χ1) is 11.8. The van der Waals surface area contributed by atoms with Crippen molar-refractivity contribution in [3.8, 4) is 5.75 Å². The quantitative estimate of drug-likeness (QED) is 0.747. The Bertz CT molecular complexity index is 840. The monoisotopic (exact) mass is 340 g/mol. The Hall–Kier alpha value is -2.60. The van der Waals surface area contributed by atoms with Crippen LogP contribution in [0.1, 0.15) is 26.3 Å². The van der Waals surface area contributed by atoms with Crippen molar-refractivity contribution in [2.75, 3.05) is 11.9 Å². The van der Waals surface area contributed by atoms with Crippen LogP contribution in [0.4, 0.5) is 5.82 Å². The fourth-order valence-corrected chi connectivity index (χ4v) is 2.45. The SMILES string of the molecule is CC(Oc1cn2nccc2nc1N(C)Cc1ccccc1)C(C)(C)O.